The molecule has 0 bridgehead atoms. The Labute approximate surface area is 121 Å². The molecule has 21 heavy (non-hydrogen) atoms. The minimum absolute atomic E-state index is 0.0923. The average molecular weight is 294 g/mol. The first-order chi connectivity index (χ1) is 9.93. The van der Waals surface area contributed by atoms with Gasteiger partial charge in [-0.1, -0.05) is 5.16 Å². The van der Waals surface area contributed by atoms with Crippen LogP contribution in [0.4, 0.5) is 11.4 Å². The number of nitro groups is 1. The lowest BCUT2D eigenvalue weighted by Gasteiger charge is -2.19. The van der Waals surface area contributed by atoms with Crippen molar-refractivity contribution in [2.24, 2.45) is 16.8 Å². The molecule has 1 fully saturated rings. The van der Waals surface area contributed by atoms with Crippen molar-refractivity contribution in [2.45, 2.75) is 19.4 Å². The SMILES string of the molecule is CC(O)C1CCN(c2ccc(/C(N)=N/O)cc2[N+](=O)[O-])C1. The highest BCUT2D eigenvalue weighted by Crippen LogP contribution is 2.33. The molecule has 1 aliphatic heterocycles. The molecule has 0 saturated carbocycles. The summed E-state index contributed by atoms with van der Waals surface area (Å²) in [5, 5.41) is 32.4. The quantitative estimate of drug-likeness (QED) is 0.249. The minimum atomic E-state index is -0.487. The Bertz CT molecular complexity index is 573. The fourth-order valence-electron chi connectivity index (χ4n) is 2.55. The summed E-state index contributed by atoms with van der Waals surface area (Å²) in [5.74, 6) is -0.0683. The van der Waals surface area contributed by atoms with E-state index in [0.717, 1.165) is 6.42 Å². The lowest BCUT2D eigenvalue weighted by Crippen LogP contribution is -2.24. The maximum Gasteiger partial charge on any atom is 0.293 e. The number of nitrogens with zero attached hydrogens (tertiary/aromatic N) is 3. The molecule has 0 radical (unpaired) electrons. The van der Waals surface area contributed by atoms with Crippen LogP contribution >= 0.6 is 0 Å². The third-order valence-corrected chi connectivity index (χ3v) is 3.82. The highest BCUT2D eigenvalue weighted by atomic mass is 16.6. The van der Waals surface area contributed by atoms with Crippen LogP contribution in [0.1, 0.15) is 18.9 Å². The summed E-state index contributed by atoms with van der Waals surface area (Å²) >= 11 is 0. The summed E-state index contributed by atoms with van der Waals surface area (Å²) in [6.45, 7) is 2.95. The monoisotopic (exact) mass is 294 g/mol. The van der Waals surface area contributed by atoms with Crippen molar-refractivity contribution in [2.75, 3.05) is 18.0 Å². The number of nitro benzene ring substituents is 1. The van der Waals surface area contributed by atoms with E-state index in [4.69, 9.17) is 10.9 Å². The summed E-state index contributed by atoms with van der Waals surface area (Å²) in [7, 11) is 0. The number of hydrogen-bond acceptors (Lipinski definition) is 6. The number of aliphatic hydroxyl groups is 1. The molecule has 0 aliphatic carbocycles. The van der Waals surface area contributed by atoms with Gasteiger partial charge in [0.25, 0.3) is 5.69 Å². The minimum Gasteiger partial charge on any atom is -0.409 e. The molecule has 2 rings (SSSR count). The van der Waals surface area contributed by atoms with E-state index in [-0.39, 0.29) is 17.4 Å². The van der Waals surface area contributed by atoms with Gasteiger partial charge in [-0.2, -0.15) is 0 Å². The van der Waals surface area contributed by atoms with E-state index in [1.54, 1.807) is 19.1 Å². The van der Waals surface area contributed by atoms with Crippen molar-refractivity contribution in [3.8, 4) is 0 Å². The van der Waals surface area contributed by atoms with Crippen LogP contribution in [0.15, 0.2) is 23.4 Å². The maximum absolute atomic E-state index is 11.2. The van der Waals surface area contributed by atoms with Crippen LogP contribution in [0, 0.1) is 16.0 Å². The number of oxime groups is 1. The van der Waals surface area contributed by atoms with E-state index in [2.05, 4.69) is 5.16 Å². The molecular formula is C13H18N4O4. The standard InChI is InChI=1S/C13H18N4O4/c1-8(18)10-4-5-16(7-10)11-3-2-9(13(14)15-19)6-12(11)17(20)21/h2-3,6,8,10,18-19H,4-5,7H2,1H3,(H2,14,15). The molecule has 1 heterocycles. The van der Waals surface area contributed by atoms with Gasteiger partial charge in [0.15, 0.2) is 5.84 Å². The Hall–Kier alpha value is -2.35. The molecule has 0 spiro atoms. The van der Waals surface area contributed by atoms with Crippen LogP contribution in [0.3, 0.4) is 0 Å². The first-order valence-corrected chi connectivity index (χ1v) is 6.63. The van der Waals surface area contributed by atoms with Crippen LogP contribution in [-0.2, 0) is 0 Å². The summed E-state index contributed by atoms with van der Waals surface area (Å²) in [5.41, 5.74) is 6.14. The van der Waals surface area contributed by atoms with Crippen molar-refractivity contribution in [3.05, 3.63) is 33.9 Å². The Balaban J connectivity index is 2.34. The fraction of sp³-hybridized carbons (Fsp3) is 0.462. The Morgan fingerprint density at radius 3 is 2.86 bits per heavy atom. The molecular weight excluding hydrogens is 276 g/mol. The first kappa shape index (κ1) is 15.0. The van der Waals surface area contributed by atoms with Gasteiger partial charge in [0.1, 0.15) is 5.69 Å². The molecule has 1 saturated heterocycles. The molecule has 1 aromatic rings. The van der Waals surface area contributed by atoms with Crippen molar-refractivity contribution in [1.29, 1.82) is 0 Å². The first-order valence-electron chi connectivity index (χ1n) is 6.63. The van der Waals surface area contributed by atoms with Crippen molar-refractivity contribution >= 4 is 17.2 Å². The second-order valence-electron chi connectivity index (χ2n) is 5.18. The van der Waals surface area contributed by atoms with Crippen LogP contribution in [0.25, 0.3) is 0 Å². The molecule has 2 atom stereocenters. The van der Waals surface area contributed by atoms with Gasteiger partial charge in [0, 0.05) is 30.6 Å². The zero-order valence-corrected chi connectivity index (χ0v) is 11.6. The van der Waals surface area contributed by atoms with E-state index in [0.29, 0.717) is 24.3 Å². The van der Waals surface area contributed by atoms with Gasteiger partial charge < -0.3 is 20.9 Å². The third-order valence-electron chi connectivity index (χ3n) is 3.82. The van der Waals surface area contributed by atoms with E-state index in [9.17, 15) is 15.2 Å². The summed E-state index contributed by atoms with van der Waals surface area (Å²) in [4.78, 5) is 12.6. The number of nitrogens with two attached hydrogens (primary N) is 1. The van der Waals surface area contributed by atoms with Gasteiger partial charge in [0.2, 0.25) is 0 Å². The molecule has 1 aromatic carbocycles. The third kappa shape index (κ3) is 3.05. The highest BCUT2D eigenvalue weighted by molar-refractivity contribution is 5.98. The number of anilines is 1. The smallest absolute Gasteiger partial charge is 0.293 e. The van der Waals surface area contributed by atoms with Crippen LogP contribution in [-0.4, -0.2) is 40.3 Å². The molecule has 4 N–H and O–H groups in total. The number of aliphatic hydroxyl groups excluding tert-OH is 1. The fourth-order valence-corrected chi connectivity index (χ4v) is 2.55. The molecule has 114 valence electrons. The Morgan fingerprint density at radius 1 is 1.62 bits per heavy atom. The van der Waals surface area contributed by atoms with Gasteiger partial charge in [-0.3, -0.25) is 10.1 Å². The van der Waals surface area contributed by atoms with E-state index in [1.165, 1.54) is 6.07 Å². The van der Waals surface area contributed by atoms with Crippen molar-refractivity contribution < 1.29 is 15.2 Å². The molecule has 1 aliphatic rings. The number of amidine groups is 1. The van der Waals surface area contributed by atoms with Gasteiger partial charge in [-0.15, -0.1) is 0 Å². The summed E-state index contributed by atoms with van der Waals surface area (Å²) in [6, 6.07) is 4.46. The van der Waals surface area contributed by atoms with Crippen LogP contribution < -0.4 is 10.6 Å². The molecule has 2 unspecified atom stereocenters. The van der Waals surface area contributed by atoms with Gasteiger partial charge in [0.05, 0.1) is 11.0 Å². The van der Waals surface area contributed by atoms with Crippen LogP contribution in [0.5, 0.6) is 0 Å². The molecule has 8 nitrogen and oxygen atoms in total. The normalized spacial score (nSPS) is 20.6. The van der Waals surface area contributed by atoms with Gasteiger partial charge in [-0.05, 0) is 25.5 Å². The number of hydrogen-bond donors (Lipinski definition) is 3. The van der Waals surface area contributed by atoms with E-state index >= 15 is 0 Å². The lowest BCUT2D eigenvalue weighted by molar-refractivity contribution is -0.384. The molecule has 8 heteroatoms. The van der Waals surface area contributed by atoms with Crippen molar-refractivity contribution in [3.63, 3.8) is 0 Å². The maximum atomic E-state index is 11.2. The average Bonchev–Trinajstić information content (AvgIpc) is 2.95. The highest BCUT2D eigenvalue weighted by Gasteiger charge is 2.30. The predicted molar refractivity (Wildman–Crippen MR) is 77.6 cm³/mol. The van der Waals surface area contributed by atoms with E-state index in [1.807, 2.05) is 4.90 Å². The molecule has 0 aromatic heterocycles. The summed E-state index contributed by atoms with van der Waals surface area (Å²) < 4.78 is 0. The van der Waals surface area contributed by atoms with Crippen LogP contribution in [0.2, 0.25) is 0 Å². The summed E-state index contributed by atoms with van der Waals surface area (Å²) in [6.07, 6.45) is 0.349. The largest absolute Gasteiger partial charge is 0.409 e. The van der Waals surface area contributed by atoms with Crippen molar-refractivity contribution in [1.82, 2.24) is 0 Å². The Morgan fingerprint density at radius 2 is 2.33 bits per heavy atom. The second-order valence-corrected chi connectivity index (χ2v) is 5.18. The lowest BCUT2D eigenvalue weighted by atomic mass is 10.0. The van der Waals surface area contributed by atoms with E-state index < -0.39 is 11.0 Å². The Kier molecular flexibility index (Phi) is 4.27. The zero-order chi connectivity index (χ0) is 15.6. The predicted octanol–water partition coefficient (Wildman–Crippen LogP) is 0.896. The topological polar surface area (TPSA) is 125 Å². The molecule has 0 amide bonds. The number of rotatable bonds is 4. The number of benzene rings is 1. The zero-order valence-electron chi connectivity index (χ0n) is 11.6. The van der Waals surface area contributed by atoms with Gasteiger partial charge in [-0.25, -0.2) is 0 Å². The second kappa shape index (κ2) is 5.96. The van der Waals surface area contributed by atoms with Gasteiger partial charge >= 0.3 is 0 Å².